The third-order valence-electron chi connectivity index (χ3n) is 8.45. The normalized spacial score (nSPS) is 11.7. The van der Waals surface area contributed by atoms with Crippen LogP contribution in [0, 0.1) is 0 Å². The van der Waals surface area contributed by atoms with Gasteiger partial charge in [0.25, 0.3) is 0 Å². The van der Waals surface area contributed by atoms with Gasteiger partial charge in [0.1, 0.15) is 11.6 Å². The molecule has 0 unspecified atom stereocenters. The summed E-state index contributed by atoms with van der Waals surface area (Å²) < 4.78 is 2.36. The molecule has 0 aliphatic rings. The fraction of sp³-hybridized carbons (Fsp3) is 0.150. The van der Waals surface area contributed by atoms with Gasteiger partial charge in [0, 0.05) is 16.7 Å². The molecule has 0 atom stereocenters. The smallest absolute Gasteiger partial charge is 0.145 e. The average Bonchev–Trinajstić information content (AvgIpc) is 3.44. The van der Waals surface area contributed by atoms with Gasteiger partial charge in [-0.15, -0.1) is 0 Å². The van der Waals surface area contributed by atoms with Crippen LogP contribution in [-0.2, 0) is 0 Å². The van der Waals surface area contributed by atoms with Crippen LogP contribution in [-0.4, -0.2) is 19.6 Å². The fourth-order valence-electron chi connectivity index (χ4n) is 6.25. The van der Waals surface area contributed by atoms with Crippen LogP contribution in [0.2, 0.25) is 0 Å². The Kier molecular flexibility index (Phi) is 6.98. The van der Waals surface area contributed by atoms with E-state index in [0.717, 1.165) is 50.1 Å². The molecule has 0 saturated carbocycles. The van der Waals surface area contributed by atoms with E-state index in [1.165, 1.54) is 16.8 Å². The van der Waals surface area contributed by atoms with Crippen molar-refractivity contribution in [3.05, 3.63) is 132 Å². The van der Waals surface area contributed by atoms with E-state index in [1.54, 1.807) is 0 Å². The zero-order valence-electron chi connectivity index (χ0n) is 25.5. The van der Waals surface area contributed by atoms with Gasteiger partial charge >= 0.3 is 0 Å². The molecule has 0 radical (unpaired) electrons. The molecule has 0 saturated heterocycles. The molecule has 0 aliphatic carbocycles. The molecule has 5 aromatic carbocycles. The molecule has 1 N–H and O–H groups in total. The van der Waals surface area contributed by atoms with Crippen molar-refractivity contribution in [3.8, 4) is 45.3 Å². The minimum Gasteiger partial charge on any atom is -0.507 e. The molecule has 7 rings (SSSR count). The Labute approximate surface area is 258 Å². The number of aromatic hydroxyl groups is 1. The van der Waals surface area contributed by atoms with Crippen molar-refractivity contribution in [1.29, 1.82) is 0 Å². The van der Waals surface area contributed by atoms with Gasteiger partial charge in [-0.2, -0.15) is 0 Å². The molecule has 0 spiro atoms. The van der Waals surface area contributed by atoms with Crippen molar-refractivity contribution < 1.29 is 5.11 Å². The first-order chi connectivity index (χ1) is 21.4. The summed E-state index contributed by atoms with van der Waals surface area (Å²) in [5, 5.41) is 13.0. The van der Waals surface area contributed by atoms with Crippen LogP contribution in [0.15, 0.2) is 121 Å². The predicted octanol–water partition coefficient (Wildman–Crippen LogP) is 10.5. The highest BCUT2D eigenvalue weighted by atomic mass is 16.3. The second-order valence-corrected chi connectivity index (χ2v) is 12.0. The number of hydrogen-bond donors (Lipinski definition) is 1. The number of nitrogens with zero attached hydrogens (tertiary/aromatic N) is 3. The first kappa shape index (κ1) is 27.6. The number of aromatic nitrogens is 3. The van der Waals surface area contributed by atoms with Crippen molar-refractivity contribution in [2.45, 2.75) is 39.5 Å². The SMILES string of the molecule is CC(C)c1cccc(C(C)C)c1-n1c(-c2ccccc2)nc2c(-c3cccc(-c4cc5ccccc5cc4O)n3)cccc21. The van der Waals surface area contributed by atoms with E-state index in [1.807, 2.05) is 54.6 Å². The number of fused-ring (bicyclic) bond motifs is 2. The number of phenolic OH excluding ortho intramolecular Hbond substituents is 1. The molecule has 2 heterocycles. The van der Waals surface area contributed by atoms with E-state index >= 15 is 0 Å². The van der Waals surface area contributed by atoms with Gasteiger partial charge in [-0.3, -0.25) is 4.57 Å². The van der Waals surface area contributed by atoms with Crippen molar-refractivity contribution in [3.63, 3.8) is 0 Å². The number of hydrogen-bond acceptors (Lipinski definition) is 3. The number of para-hydroxylation sites is 2. The molecule has 2 aromatic heterocycles. The minimum absolute atomic E-state index is 0.216. The number of benzene rings is 5. The first-order valence-corrected chi connectivity index (χ1v) is 15.3. The lowest BCUT2D eigenvalue weighted by molar-refractivity contribution is 0.478. The molecule has 0 amide bonds. The molecule has 0 fully saturated rings. The summed E-state index contributed by atoms with van der Waals surface area (Å²) in [5.41, 5.74) is 9.99. The highest BCUT2D eigenvalue weighted by molar-refractivity contribution is 5.96. The third-order valence-corrected chi connectivity index (χ3v) is 8.45. The minimum atomic E-state index is 0.216. The molecule has 44 heavy (non-hydrogen) atoms. The number of pyridine rings is 1. The zero-order chi connectivity index (χ0) is 30.4. The summed E-state index contributed by atoms with van der Waals surface area (Å²) >= 11 is 0. The van der Waals surface area contributed by atoms with Gasteiger partial charge in [0.05, 0.1) is 28.1 Å². The second kappa shape index (κ2) is 11.1. The highest BCUT2D eigenvalue weighted by Gasteiger charge is 2.23. The van der Waals surface area contributed by atoms with E-state index in [2.05, 4.69) is 99.0 Å². The van der Waals surface area contributed by atoms with Crippen molar-refractivity contribution in [2.24, 2.45) is 0 Å². The second-order valence-electron chi connectivity index (χ2n) is 12.0. The Morgan fingerprint density at radius 2 is 1.16 bits per heavy atom. The maximum atomic E-state index is 11.0. The van der Waals surface area contributed by atoms with Crippen LogP contribution < -0.4 is 0 Å². The van der Waals surface area contributed by atoms with Crippen LogP contribution in [0.25, 0.3) is 61.4 Å². The van der Waals surface area contributed by atoms with Crippen molar-refractivity contribution in [2.75, 3.05) is 0 Å². The van der Waals surface area contributed by atoms with E-state index in [4.69, 9.17) is 9.97 Å². The van der Waals surface area contributed by atoms with Gasteiger partial charge in [-0.05, 0) is 64.1 Å². The van der Waals surface area contributed by atoms with E-state index < -0.39 is 0 Å². The van der Waals surface area contributed by atoms with Crippen molar-refractivity contribution >= 4 is 21.8 Å². The Morgan fingerprint density at radius 3 is 1.84 bits per heavy atom. The summed E-state index contributed by atoms with van der Waals surface area (Å²) in [6.07, 6.45) is 0. The van der Waals surface area contributed by atoms with Crippen LogP contribution in [0.5, 0.6) is 5.75 Å². The maximum absolute atomic E-state index is 11.0. The van der Waals surface area contributed by atoms with E-state index in [-0.39, 0.29) is 5.75 Å². The molecule has 216 valence electrons. The average molecular weight is 574 g/mol. The Balaban J connectivity index is 1.49. The van der Waals surface area contributed by atoms with Gasteiger partial charge in [0.15, 0.2) is 0 Å². The van der Waals surface area contributed by atoms with E-state index in [0.29, 0.717) is 17.4 Å². The maximum Gasteiger partial charge on any atom is 0.145 e. The molecule has 0 aliphatic heterocycles. The third kappa shape index (κ3) is 4.73. The molecule has 0 bridgehead atoms. The molecule has 4 heteroatoms. The largest absolute Gasteiger partial charge is 0.507 e. The molecule has 7 aromatic rings. The quantitative estimate of drug-likeness (QED) is 0.215. The van der Waals surface area contributed by atoms with Crippen LogP contribution in [0.3, 0.4) is 0 Å². The molecular formula is C40H35N3O. The predicted molar refractivity (Wildman–Crippen MR) is 183 cm³/mol. The summed E-state index contributed by atoms with van der Waals surface area (Å²) in [5.74, 6) is 1.79. The number of imidazole rings is 1. The highest BCUT2D eigenvalue weighted by Crippen LogP contribution is 2.40. The number of phenols is 1. The lowest BCUT2D eigenvalue weighted by Crippen LogP contribution is -2.08. The van der Waals surface area contributed by atoms with Gasteiger partial charge in [-0.25, -0.2) is 9.97 Å². The Bertz CT molecular complexity index is 2110. The summed E-state index contributed by atoms with van der Waals surface area (Å²) in [4.78, 5) is 10.5. The summed E-state index contributed by atoms with van der Waals surface area (Å²) in [6.45, 7) is 9.03. The van der Waals surface area contributed by atoms with E-state index in [9.17, 15) is 5.11 Å². The Hall–Kier alpha value is -5.22. The topological polar surface area (TPSA) is 50.9 Å². The zero-order valence-corrected chi connectivity index (χ0v) is 25.5. The standard InChI is InChI=1S/C40H35N3O/c1-25(2)30-17-10-18-31(26(3)4)39(30)43-36-22-11-19-32(38(36)42-40(43)27-13-6-5-7-14-27)34-20-12-21-35(41-34)33-23-28-15-8-9-16-29(28)24-37(33)44/h5-26,44H,1-4H3. The lowest BCUT2D eigenvalue weighted by atomic mass is 9.92. The summed E-state index contributed by atoms with van der Waals surface area (Å²) in [7, 11) is 0. The monoisotopic (exact) mass is 573 g/mol. The number of rotatable bonds is 6. The lowest BCUT2D eigenvalue weighted by Gasteiger charge is -2.22. The van der Waals surface area contributed by atoms with Gasteiger partial charge < -0.3 is 5.11 Å². The van der Waals surface area contributed by atoms with Crippen molar-refractivity contribution in [1.82, 2.24) is 14.5 Å². The molecular weight excluding hydrogens is 538 g/mol. The first-order valence-electron chi connectivity index (χ1n) is 15.3. The fourth-order valence-corrected chi connectivity index (χ4v) is 6.25. The van der Waals surface area contributed by atoms with Gasteiger partial charge in [-0.1, -0.05) is 119 Å². The Morgan fingerprint density at radius 1 is 0.568 bits per heavy atom. The van der Waals surface area contributed by atoms with Crippen LogP contribution in [0.4, 0.5) is 0 Å². The summed E-state index contributed by atoms with van der Waals surface area (Å²) in [6, 6.07) is 41.3. The van der Waals surface area contributed by atoms with Gasteiger partial charge in [0.2, 0.25) is 0 Å². The van der Waals surface area contributed by atoms with Crippen LogP contribution >= 0.6 is 0 Å². The molecule has 4 nitrogen and oxygen atoms in total. The van der Waals surface area contributed by atoms with Crippen LogP contribution in [0.1, 0.15) is 50.7 Å².